The fourth-order valence-corrected chi connectivity index (χ4v) is 3.97. The molecule has 124 valence electrons. The van der Waals surface area contributed by atoms with Gasteiger partial charge in [-0.3, -0.25) is 4.79 Å². The number of carbonyl (C=O) groups is 1. The van der Waals surface area contributed by atoms with E-state index in [0.29, 0.717) is 18.3 Å². The van der Waals surface area contributed by atoms with E-state index in [1.165, 1.54) is 12.8 Å². The normalized spacial score (nSPS) is 29.1. The van der Waals surface area contributed by atoms with Gasteiger partial charge < -0.3 is 9.84 Å². The molecule has 2 aliphatic carbocycles. The molecule has 0 aromatic heterocycles. The highest BCUT2D eigenvalue weighted by atomic mass is 16.5. The molecule has 5 nitrogen and oxygen atoms in total. The first kappa shape index (κ1) is 15.8. The quantitative estimate of drug-likeness (QED) is 0.648. The molecule has 1 amide bonds. The minimum Gasteiger partial charge on any atom is -0.504 e. The van der Waals surface area contributed by atoms with Gasteiger partial charge in [-0.05, 0) is 54.9 Å². The van der Waals surface area contributed by atoms with Gasteiger partial charge in [0.2, 0.25) is 5.91 Å². The molecule has 2 fully saturated rings. The van der Waals surface area contributed by atoms with Gasteiger partial charge >= 0.3 is 0 Å². The van der Waals surface area contributed by atoms with Gasteiger partial charge in [-0.2, -0.15) is 5.10 Å². The number of phenols is 1. The van der Waals surface area contributed by atoms with Crippen LogP contribution in [0.2, 0.25) is 0 Å². The topological polar surface area (TPSA) is 70.9 Å². The van der Waals surface area contributed by atoms with Crippen LogP contribution in [0.5, 0.6) is 11.5 Å². The average molecular weight is 316 g/mol. The molecule has 2 saturated carbocycles. The highest BCUT2D eigenvalue weighted by Gasteiger charge is 2.64. The molecule has 23 heavy (non-hydrogen) atoms. The van der Waals surface area contributed by atoms with Crippen molar-refractivity contribution in [3.63, 3.8) is 0 Å². The van der Waals surface area contributed by atoms with E-state index in [2.05, 4.69) is 17.5 Å². The van der Waals surface area contributed by atoms with E-state index in [0.717, 1.165) is 18.4 Å². The largest absolute Gasteiger partial charge is 0.504 e. The lowest BCUT2D eigenvalue weighted by atomic mass is 9.90. The first-order valence-electron chi connectivity index (χ1n) is 8.35. The van der Waals surface area contributed by atoms with E-state index < -0.39 is 0 Å². The summed E-state index contributed by atoms with van der Waals surface area (Å²) < 4.78 is 5.33. The Balaban J connectivity index is 1.59. The number of benzene rings is 1. The Bertz CT molecular complexity index is 629. The Morgan fingerprint density at radius 1 is 1.52 bits per heavy atom. The fourth-order valence-electron chi connectivity index (χ4n) is 3.97. The molecule has 0 heterocycles. The average Bonchev–Trinajstić information content (AvgIpc) is 3.16. The summed E-state index contributed by atoms with van der Waals surface area (Å²) in [6.45, 7) is 4.56. The van der Waals surface area contributed by atoms with Gasteiger partial charge in [-0.15, -0.1) is 0 Å². The molecule has 3 atom stereocenters. The van der Waals surface area contributed by atoms with Crippen molar-refractivity contribution in [2.45, 2.75) is 39.5 Å². The van der Waals surface area contributed by atoms with Crippen molar-refractivity contribution in [3.05, 3.63) is 23.8 Å². The Kier molecular flexibility index (Phi) is 4.28. The van der Waals surface area contributed by atoms with E-state index in [9.17, 15) is 9.90 Å². The summed E-state index contributed by atoms with van der Waals surface area (Å²) in [4.78, 5) is 12.3. The molecular formula is C18H24N2O3. The minimum atomic E-state index is 0.0273. The molecule has 1 aromatic carbocycles. The van der Waals surface area contributed by atoms with Crippen molar-refractivity contribution >= 4 is 12.1 Å². The van der Waals surface area contributed by atoms with E-state index in [1.54, 1.807) is 24.4 Å². The number of fused-ring (bicyclic) bond motifs is 1. The maximum Gasteiger partial charge on any atom is 0.244 e. The van der Waals surface area contributed by atoms with Crippen molar-refractivity contribution in [2.75, 3.05) is 6.61 Å². The molecule has 0 bridgehead atoms. The lowest BCUT2D eigenvalue weighted by Crippen LogP contribution is -2.22. The highest BCUT2D eigenvalue weighted by Crippen LogP contribution is 2.66. The van der Waals surface area contributed by atoms with Crippen LogP contribution >= 0.6 is 0 Å². The van der Waals surface area contributed by atoms with Gasteiger partial charge in [0.1, 0.15) is 0 Å². The van der Waals surface area contributed by atoms with E-state index in [1.807, 2.05) is 6.92 Å². The summed E-state index contributed by atoms with van der Waals surface area (Å²) in [6, 6.07) is 4.99. The van der Waals surface area contributed by atoms with Crippen LogP contribution in [-0.2, 0) is 4.79 Å². The van der Waals surface area contributed by atoms with Crippen LogP contribution < -0.4 is 10.2 Å². The molecule has 5 heteroatoms. The second-order valence-electron chi connectivity index (χ2n) is 6.73. The fraction of sp³-hybridized carbons (Fsp3) is 0.556. The molecule has 0 radical (unpaired) electrons. The lowest BCUT2D eigenvalue weighted by molar-refractivity contribution is -0.123. The molecule has 0 aliphatic heterocycles. The zero-order valence-corrected chi connectivity index (χ0v) is 13.7. The van der Waals surface area contributed by atoms with Gasteiger partial charge in [-0.1, -0.05) is 19.8 Å². The third kappa shape index (κ3) is 3.05. The third-order valence-corrected chi connectivity index (χ3v) is 5.29. The van der Waals surface area contributed by atoms with Crippen LogP contribution in [0.4, 0.5) is 0 Å². The minimum absolute atomic E-state index is 0.0273. The van der Waals surface area contributed by atoms with Gasteiger partial charge in [0.15, 0.2) is 11.5 Å². The molecule has 0 saturated heterocycles. The Labute approximate surface area is 136 Å². The van der Waals surface area contributed by atoms with E-state index >= 15 is 0 Å². The number of aromatic hydroxyl groups is 1. The second kappa shape index (κ2) is 6.22. The zero-order chi connectivity index (χ0) is 16.4. The molecular weight excluding hydrogens is 292 g/mol. The first-order chi connectivity index (χ1) is 11.1. The Morgan fingerprint density at radius 3 is 3.04 bits per heavy atom. The smallest absolute Gasteiger partial charge is 0.244 e. The Hall–Kier alpha value is -2.04. The number of hydrogen-bond donors (Lipinski definition) is 2. The number of carbonyl (C=O) groups excluding carboxylic acids is 1. The maximum atomic E-state index is 12.3. The summed E-state index contributed by atoms with van der Waals surface area (Å²) in [5.41, 5.74) is 3.63. The number of hydrazone groups is 1. The van der Waals surface area contributed by atoms with Crippen LogP contribution in [0.25, 0.3) is 0 Å². The van der Waals surface area contributed by atoms with Crippen molar-refractivity contribution < 1.29 is 14.6 Å². The maximum absolute atomic E-state index is 12.3. The molecule has 3 rings (SSSR count). The SMILES string of the molecule is CCOc1cc(/C=N/NC(=O)C2C3CCCCC32C)ccc1O. The summed E-state index contributed by atoms with van der Waals surface area (Å²) in [6.07, 6.45) is 6.35. The van der Waals surface area contributed by atoms with Crippen molar-refractivity contribution in [3.8, 4) is 11.5 Å². The summed E-state index contributed by atoms with van der Waals surface area (Å²) in [5.74, 6) is 1.19. The van der Waals surface area contributed by atoms with Crippen molar-refractivity contribution in [2.24, 2.45) is 22.4 Å². The molecule has 2 N–H and O–H groups in total. The number of nitrogens with one attached hydrogen (secondary N) is 1. The number of rotatable bonds is 5. The van der Waals surface area contributed by atoms with Gasteiger partial charge in [0.05, 0.1) is 12.8 Å². The Morgan fingerprint density at radius 2 is 2.35 bits per heavy atom. The van der Waals surface area contributed by atoms with Crippen LogP contribution in [0.1, 0.15) is 45.1 Å². The van der Waals surface area contributed by atoms with E-state index in [-0.39, 0.29) is 23.0 Å². The zero-order valence-electron chi connectivity index (χ0n) is 13.7. The summed E-state index contributed by atoms with van der Waals surface area (Å²) in [7, 11) is 0. The predicted octanol–water partition coefficient (Wildman–Crippen LogP) is 3.07. The first-order valence-corrected chi connectivity index (χ1v) is 8.35. The van der Waals surface area contributed by atoms with Crippen LogP contribution in [-0.4, -0.2) is 23.8 Å². The van der Waals surface area contributed by atoms with Crippen LogP contribution in [0.3, 0.4) is 0 Å². The standard InChI is InChI=1S/C18H24N2O3/c1-3-23-15-10-12(7-8-14(15)21)11-19-20-17(22)16-13-6-4-5-9-18(13,16)2/h7-8,10-11,13,16,21H,3-6,9H2,1-2H3,(H,20,22)/b19-11+. The second-order valence-corrected chi connectivity index (χ2v) is 6.73. The predicted molar refractivity (Wildman–Crippen MR) is 88.6 cm³/mol. The molecule has 1 aromatic rings. The number of nitrogens with zero attached hydrogens (tertiary/aromatic N) is 1. The van der Waals surface area contributed by atoms with Gasteiger partial charge in [0, 0.05) is 5.92 Å². The summed E-state index contributed by atoms with van der Waals surface area (Å²) >= 11 is 0. The van der Waals surface area contributed by atoms with Crippen molar-refractivity contribution in [1.29, 1.82) is 0 Å². The number of amides is 1. The lowest BCUT2D eigenvalue weighted by Gasteiger charge is -2.15. The van der Waals surface area contributed by atoms with Crippen molar-refractivity contribution in [1.82, 2.24) is 5.43 Å². The van der Waals surface area contributed by atoms with Gasteiger partial charge in [0.25, 0.3) is 0 Å². The molecule has 2 aliphatic rings. The van der Waals surface area contributed by atoms with Crippen LogP contribution in [0, 0.1) is 17.3 Å². The summed E-state index contributed by atoms with van der Waals surface area (Å²) in [5, 5.41) is 13.7. The van der Waals surface area contributed by atoms with Crippen LogP contribution in [0.15, 0.2) is 23.3 Å². The number of hydrogen-bond acceptors (Lipinski definition) is 4. The number of phenolic OH excluding ortho intramolecular Hbond substituents is 1. The molecule has 3 unspecified atom stereocenters. The van der Waals surface area contributed by atoms with E-state index in [4.69, 9.17) is 4.74 Å². The monoisotopic (exact) mass is 316 g/mol. The highest BCUT2D eigenvalue weighted by molar-refractivity contribution is 5.86. The van der Waals surface area contributed by atoms with Gasteiger partial charge in [-0.25, -0.2) is 5.43 Å². The third-order valence-electron chi connectivity index (χ3n) is 5.29. The molecule has 0 spiro atoms. The number of ether oxygens (including phenoxy) is 1.